The molecular weight excluding hydrogens is 308 g/mol. The normalized spacial score (nSPS) is 29.4. The van der Waals surface area contributed by atoms with Crippen molar-refractivity contribution >= 4 is 5.91 Å². The van der Waals surface area contributed by atoms with Crippen molar-refractivity contribution in [3.63, 3.8) is 0 Å². The minimum atomic E-state index is -0.756. The lowest BCUT2D eigenvalue weighted by atomic mass is 9.73. The van der Waals surface area contributed by atoms with Crippen molar-refractivity contribution < 1.29 is 14.6 Å². The molecule has 3 heterocycles. The van der Waals surface area contributed by atoms with Gasteiger partial charge in [0.2, 0.25) is 0 Å². The number of hydrogen-bond acceptors (Lipinski definition) is 6. The van der Waals surface area contributed by atoms with Gasteiger partial charge < -0.3 is 20.5 Å². The molecule has 3 N–H and O–H groups in total. The Labute approximate surface area is 142 Å². The number of rotatable bonds is 2. The molecule has 132 valence electrons. The van der Waals surface area contributed by atoms with Gasteiger partial charge in [-0.2, -0.15) is 0 Å². The average Bonchev–Trinajstić information content (AvgIpc) is 2.53. The molecule has 1 aromatic rings. The molecule has 1 spiro atoms. The summed E-state index contributed by atoms with van der Waals surface area (Å²) < 4.78 is 5.97. The molecule has 2 atom stereocenters. The summed E-state index contributed by atoms with van der Waals surface area (Å²) in [6, 6.07) is 1.66. The Hall–Kier alpha value is -1.57. The van der Waals surface area contributed by atoms with Crippen LogP contribution in [0.4, 0.5) is 0 Å². The van der Waals surface area contributed by atoms with E-state index in [-0.39, 0.29) is 5.91 Å². The van der Waals surface area contributed by atoms with E-state index >= 15 is 0 Å². The Balaban J connectivity index is 1.80. The fraction of sp³-hybridized carbons (Fsp3) is 0.706. The second-order valence-corrected chi connectivity index (χ2v) is 7.13. The van der Waals surface area contributed by atoms with Gasteiger partial charge in [0, 0.05) is 12.3 Å². The number of ether oxygens (including phenoxy) is 1. The summed E-state index contributed by atoms with van der Waals surface area (Å²) in [5, 5.41) is 17.3. The monoisotopic (exact) mass is 334 g/mol. The number of nitrogens with zero attached hydrogens (tertiary/aromatic N) is 2. The zero-order chi connectivity index (χ0) is 17.4. The lowest BCUT2D eigenvalue weighted by Gasteiger charge is -2.52. The van der Waals surface area contributed by atoms with E-state index in [1.807, 2.05) is 13.8 Å². The molecule has 0 saturated carbocycles. The predicted octanol–water partition coefficient (Wildman–Crippen LogP) is 0.485. The molecule has 7 heteroatoms. The molecule has 2 aliphatic rings. The first kappa shape index (κ1) is 17.3. The van der Waals surface area contributed by atoms with Crippen molar-refractivity contribution in [1.82, 2.24) is 20.6 Å². The third kappa shape index (κ3) is 3.16. The van der Waals surface area contributed by atoms with Crippen molar-refractivity contribution in [2.24, 2.45) is 0 Å². The minimum Gasteiger partial charge on any atom is -0.388 e. The fourth-order valence-corrected chi connectivity index (χ4v) is 3.82. The van der Waals surface area contributed by atoms with Crippen molar-refractivity contribution in [3.05, 3.63) is 23.3 Å². The van der Waals surface area contributed by atoms with Crippen LogP contribution in [0.1, 0.15) is 48.2 Å². The lowest BCUT2D eigenvalue weighted by molar-refractivity contribution is -0.197. The van der Waals surface area contributed by atoms with Crippen LogP contribution in [0.3, 0.4) is 0 Å². The summed E-state index contributed by atoms with van der Waals surface area (Å²) in [4.78, 5) is 21.1. The zero-order valence-corrected chi connectivity index (χ0v) is 14.6. The molecule has 3 rings (SSSR count). The third-order valence-corrected chi connectivity index (χ3v) is 5.16. The van der Waals surface area contributed by atoms with Gasteiger partial charge in [-0.3, -0.25) is 4.79 Å². The van der Waals surface area contributed by atoms with Crippen LogP contribution in [0, 0.1) is 13.8 Å². The van der Waals surface area contributed by atoms with Gasteiger partial charge in [-0.05, 0) is 59.2 Å². The number of carbonyl (C=O) groups excluding carboxylic acids is 1. The van der Waals surface area contributed by atoms with Crippen LogP contribution >= 0.6 is 0 Å². The molecule has 0 radical (unpaired) electrons. The molecule has 0 aliphatic carbocycles. The van der Waals surface area contributed by atoms with Crippen LogP contribution in [-0.2, 0) is 4.74 Å². The van der Waals surface area contributed by atoms with E-state index in [2.05, 4.69) is 20.6 Å². The molecular formula is C17H26N4O3. The van der Waals surface area contributed by atoms with Gasteiger partial charge in [0.05, 0.1) is 11.1 Å². The lowest BCUT2D eigenvalue weighted by Crippen LogP contribution is -2.69. The number of aromatic nitrogens is 2. The van der Waals surface area contributed by atoms with E-state index in [0.29, 0.717) is 24.5 Å². The quantitative estimate of drug-likeness (QED) is 0.728. The van der Waals surface area contributed by atoms with Gasteiger partial charge in [-0.1, -0.05) is 0 Å². The fourth-order valence-electron chi connectivity index (χ4n) is 3.82. The maximum Gasteiger partial charge on any atom is 0.270 e. The highest BCUT2D eigenvalue weighted by Gasteiger charge is 2.53. The first-order chi connectivity index (χ1) is 11.3. The summed E-state index contributed by atoms with van der Waals surface area (Å²) in [6.07, 6.45) is 1.29. The van der Waals surface area contributed by atoms with Crippen LogP contribution in [-0.4, -0.2) is 57.9 Å². The molecule has 2 aliphatic heterocycles. The summed E-state index contributed by atoms with van der Waals surface area (Å²) >= 11 is 0. The number of aryl methyl sites for hydroxylation is 2. The molecule has 2 saturated heterocycles. The number of amides is 1. The van der Waals surface area contributed by atoms with E-state index < -0.39 is 17.2 Å². The van der Waals surface area contributed by atoms with E-state index in [4.69, 9.17) is 4.74 Å². The topological polar surface area (TPSA) is 96.4 Å². The number of piperidine rings is 1. The Morgan fingerprint density at radius 3 is 2.71 bits per heavy atom. The third-order valence-electron chi connectivity index (χ3n) is 5.16. The van der Waals surface area contributed by atoms with Crippen LogP contribution < -0.4 is 10.6 Å². The van der Waals surface area contributed by atoms with Gasteiger partial charge in [0.25, 0.3) is 5.91 Å². The Bertz CT molecular complexity index is 605. The molecule has 2 fully saturated rings. The number of aliphatic hydroxyl groups is 1. The van der Waals surface area contributed by atoms with E-state index in [0.717, 1.165) is 31.6 Å². The van der Waals surface area contributed by atoms with Crippen LogP contribution in [0.5, 0.6) is 0 Å². The first-order valence-corrected chi connectivity index (χ1v) is 8.52. The van der Waals surface area contributed by atoms with Gasteiger partial charge in [0.1, 0.15) is 17.6 Å². The SMILES string of the molecule is Cc1cc(C(=O)N[C@]2(C)CCOC3(CCNCC3)C2O)nc(C)n1. The Kier molecular flexibility index (Phi) is 4.59. The van der Waals surface area contributed by atoms with Crippen molar-refractivity contribution in [2.45, 2.75) is 57.3 Å². The maximum atomic E-state index is 12.7. The van der Waals surface area contributed by atoms with Crippen LogP contribution in [0.15, 0.2) is 6.07 Å². The highest BCUT2D eigenvalue weighted by atomic mass is 16.5. The number of carbonyl (C=O) groups is 1. The zero-order valence-electron chi connectivity index (χ0n) is 14.6. The van der Waals surface area contributed by atoms with Gasteiger partial charge in [0.15, 0.2) is 0 Å². The Morgan fingerprint density at radius 2 is 2.04 bits per heavy atom. The number of hydrogen-bond donors (Lipinski definition) is 3. The average molecular weight is 334 g/mol. The molecule has 1 amide bonds. The summed E-state index contributed by atoms with van der Waals surface area (Å²) in [7, 11) is 0. The Morgan fingerprint density at radius 1 is 1.33 bits per heavy atom. The van der Waals surface area contributed by atoms with E-state index in [1.165, 1.54) is 0 Å². The molecule has 0 aromatic carbocycles. The molecule has 1 aromatic heterocycles. The number of nitrogens with one attached hydrogen (secondary N) is 2. The summed E-state index contributed by atoms with van der Waals surface area (Å²) in [5.41, 5.74) is -0.234. The standard InChI is InChI=1S/C17H26N4O3/c1-11-10-13(20-12(2)19-11)14(22)21-16(3)6-9-24-17(15(16)23)4-7-18-8-5-17/h10,15,18,23H,4-9H2,1-3H3,(H,21,22)/t15?,16-/m1/s1. The van der Waals surface area contributed by atoms with E-state index in [9.17, 15) is 9.90 Å². The van der Waals surface area contributed by atoms with Crippen molar-refractivity contribution in [2.75, 3.05) is 19.7 Å². The second kappa shape index (κ2) is 6.38. The summed E-state index contributed by atoms with van der Waals surface area (Å²) in [5.74, 6) is 0.281. The highest BCUT2D eigenvalue weighted by molar-refractivity contribution is 5.93. The predicted molar refractivity (Wildman–Crippen MR) is 88.8 cm³/mol. The first-order valence-electron chi connectivity index (χ1n) is 8.52. The summed E-state index contributed by atoms with van der Waals surface area (Å²) in [6.45, 7) is 7.63. The molecule has 7 nitrogen and oxygen atoms in total. The van der Waals surface area contributed by atoms with E-state index in [1.54, 1.807) is 13.0 Å². The van der Waals surface area contributed by atoms with Gasteiger partial charge in [-0.15, -0.1) is 0 Å². The number of aliphatic hydroxyl groups excluding tert-OH is 1. The van der Waals surface area contributed by atoms with Crippen molar-refractivity contribution in [1.29, 1.82) is 0 Å². The second-order valence-electron chi connectivity index (χ2n) is 7.13. The van der Waals surface area contributed by atoms with Crippen molar-refractivity contribution in [3.8, 4) is 0 Å². The van der Waals surface area contributed by atoms with Gasteiger partial charge in [-0.25, -0.2) is 9.97 Å². The largest absolute Gasteiger partial charge is 0.388 e. The smallest absolute Gasteiger partial charge is 0.270 e. The molecule has 1 unspecified atom stereocenters. The highest BCUT2D eigenvalue weighted by Crippen LogP contribution is 2.38. The maximum absolute atomic E-state index is 12.7. The van der Waals surface area contributed by atoms with Gasteiger partial charge >= 0.3 is 0 Å². The minimum absolute atomic E-state index is 0.281. The van der Waals surface area contributed by atoms with Crippen LogP contribution in [0.2, 0.25) is 0 Å². The molecule has 0 bridgehead atoms. The molecule has 24 heavy (non-hydrogen) atoms. The van der Waals surface area contributed by atoms with Crippen LogP contribution in [0.25, 0.3) is 0 Å².